The van der Waals surface area contributed by atoms with Crippen LogP contribution in [0.4, 0.5) is 26.3 Å². The van der Waals surface area contributed by atoms with Crippen LogP contribution in [0.3, 0.4) is 0 Å². The second kappa shape index (κ2) is 3.69. The number of carboxylic acids is 1. The molecule has 0 amide bonds. The molecular formula is C8H2F6O2. The highest BCUT2D eigenvalue weighted by Gasteiger charge is 2.38. The second-order valence-corrected chi connectivity index (χ2v) is 2.72. The van der Waals surface area contributed by atoms with E-state index in [-0.39, 0.29) is 6.07 Å². The second-order valence-electron chi connectivity index (χ2n) is 2.72. The van der Waals surface area contributed by atoms with Crippen LogP contribution in [0.15, 0.2) is 6.07 Å². The maximum atomic E-state index is 12.7. The molecule has 1 rings (SSSR count). The molecule has 88 valence electrons. The van der Waals surface area contributed by atoms with Crippen LogP contribution in [0.5, 0.6) is 0 Å². The van der Waals surface area contributed by atoms with Gasteiger partial charge in [0.15, 0.2) is 17.5 Å². The quantitative estimate of drug-likeness (QED) is 0.609. The Morgan fingerprint density at radius 1 is 1.06 bits per heavy atom. The molecule has 0 atom stereocenters. The van der Waals surface area contributed by atoms with Crippen molar-refractivity contribution in [2.75, 3.05) is 0 Å². The van der Waals surface area contributed by atoms with Gasteiger partial charge in [-0.1, -0.05) is 0 Å². The number of hydrogen-bond acceptors (Lipinski definition) is 1. The van der Waals surface area contributed by atoms with Gasteiger partial charge in [0.2, 0.25) is 0 Å². The zero-order valence-corrected chi connectivity index (χ0v) is 7.20. The topological polar surface area (TPSA) is 37.3 Å². The molecule has 0 bridgehead atoms. The highest BCUT2D eigenvalue weighted by molar-refractivity contribution is 5.88. The predicted molar refractivity (Wildman–Crippen MR) is 38.3 cm³/mol. The minimum atomic E-state index is -5.30. The van der Waals surface area contributed by atoms with Crippen molar-refractivity contribution in [3.8, 4) is 0 Å². The van der Waals surface area contributed by atoms with Crippen LogP contribution in [0.1, 0.15) is 15.9 Å². The molecule has 0 aromatic heterocycles. The summed E-state index contributed by atoms with van der Waals surface area (Å²) in [4.78, 5) is 10.3. The molecule has 0 saturated carbocycles. The molecule has 0 aliphatic rings. The van der Waals surface area contributed by atoms with Crippen molar-refractivity contribution in [1.29, 1.82) is 0 Å². The van der Waals surface area contributed by atoms with Gasteiger partial charge in [-0.3, -0.25) is 0 Å². The Morgan fingerprint density at radius 3 is 1.94 bits per heavy atom. The zero-order chi connectivity index (χ0) is 12.7. The molecule has 1 aromatic carbocycles. The molecule has 0 radical (unpaired) electrons. The first-order valence-electron chi connectivity index (χ1n) is 3.64. The Morgan fingerprint density at radius 2 is 1.56 bits per heavy atom. The van der Waals surface area contributed by atoms with Crippen molar-refractivity contribution >= 4 is 5.97 Å². The van der Waals surface area contributed by atoms with Crippen LogP contribution in [-0.4, -0.2) is 11.1 Å². The lowest BCUT2D eigenvalue weighted by Crippen LogP contribution is -2.14. The molecule has 1 aromatic rings. The number of alkyl halides is 3. The zero-order valence-electron chi connectivity index (χ0n) is 7.20. The van der Waals surface area contributed by atoms with Crippen molar-refractivity contribution in [3.63, 3.8) is 0 Å². The van der Waals surface area contributed by atoms with E-state index < -0.39 is 40.7 Å². The van der Waals surface area contributed by atoms with E-state index in [1.807, 2.05) is 0 Å². The van der Waals surface area contributed by atoms with Gasteiger partial charge in [0.1, 0.15) is 0 Å². The third-order valence-electron chi connectivity index (χ3n) is 1.68. The molecule has 0 spiro atoms. The molecule has 0 aliphatic heterocycles. The normalized spacial score (nSPS) is 11.6. The van der Waals surface area contributed by atoms with Gasteiger partial charge in [0, 0.05) is 0 Å². The summed E-state index contributed by atoms with van der Waals surface area (Å²) in [5.74, 6) is -9.22. The molecule has 2 nitrogen and oxygen atoms in total. The highest BCUT2D eigenvalue weighted by atomic mass is 19.4. The van der Waals surface area contributed by atoms with Crippen molar-refractivity contribution in [2.24, 2.45) is 0 Å². The van der Waals surface area contributed by atoms with Crippen LogP contribution >= 0.6 is 0 Å². The summed E-state index contributed by atoms with van der Waals surface area (Å²) in [5.41, 5.74) is -3.74. The first kappa shape index (κ1) is 12.3. The summed E-state index contributed by atoms with van der Waals surface area (Å²) in [7, 11) is 0. The lowest BCUT2D eigenvalue weighted by Gasteiger charge is -2.10. The number of benzene rings is 1. The minimum Gasteiger partial charge on any atom is -0.478 e. The largest absolute Gasteiger partial charge is 0.478 e. The van der Waals surface area contributed by atoms with Crippen LogP contribution < -0.4 is 0 Å². The average Bonchev–Trinajstić information content (AvgIpc) is 2.11. The molecule has 8 heteroatoms. The maximum Gasteiger partial charge on any atom is 0.419 e. The van der Waals surface area contributed by atoms with Gasteiger partial charge in [0.25, 0.3) is 0 Å². The summed E-state index contributed by atoms with van der Waals surface area (Å²) in [6, 6.07) is -0.296. The van der Waals surface area contributed by atoms with Gasteiger partial charge in [-0.2, -0.15) is 13.2 Å². The van der Waals surface area contributed by atoms with E-state index in [2.05, 4.69) is 0 Å². The van der Waals surface area contributed by atoms with E-state index in [1.165, 1.54) is 0 Å². The fraction of sp³-hybridized carbons (Fsp3) is 0.125. The lowest BCUT2D eigenvalue weighted by atomic mass is 10.1. The van der Waals surface area contributed by atoms with E-state index in [4.69, 9.17) is 5.11 Å². The third kappa shape index (κ3) is 1.95. The Hall–Kier alpha value is -1.73. The minimum absolute atomic E-state index is 0.296. The van der Waals surface area contributed by atoms with Gasteiger partial charge in [-0.05, 0) is 6.07 Å². The molecule has 0 saturated heterocycles. The van der Waals surface area contributed by atoms with E-state index in [1.54, 1.807) is 0 Å². The van der Waals surface area contributed by atoms with E-state index in [0.717, 1.165) is 0 Å². The van der Waals surface area contributed by atoms with E-state index in [9.17, 15) is 31.1 Å². The number of rotatable bonds is 1. The smallest absolute Gasteiger partial charge is 0.419 e. The number of halogens is 6. The molecular weight excluding hydrogens is 242 g/mol. The van der Waals surface area contributed by atoms with E-state index >= 15 is 0 Å². The molecule has 0 aliphatic carbocycles. The Kier molecular flexibility index (Phi) is 2.85. The Balaban J connectivity index is 3.61. The standard InChI is InChI=1S/C8H2F6O2/c9-4-2(7(15)16)1-3(8(12,13)14)5(10)6(4)11/h1H,(H,15,16). The van der Waals surface area contributed by atoms with Crippen LogP contribution in [-0.2, 0) is 6.18 Å². The van der Waals surface area contributed by atoms with Gasteiger partial charge in [0.05, 0.1) is 11.1 Å². The van der Waals surface area contributed by atoms with Gasteiger partial charge in [-0.15, -0.1) is 0 Å². The maximum absolute atomic E-state index is 12.7. The predicted octanol–water partition coefficient (Wildman–Crippen LogP) is 2.82. The van der Waals surface area contributed by atoms with Gasteiger partial charge < -0.3 is 5.11 Å². The number of carbonyl (C=O) groups is 1. The van der Waals surface area contributed by atoms with Crippen molar-refractivity contribution in [1.82, 2.24) is 0 Å². The summed E-state index contributed by atoms with van der Waals surface area (Å²) >= 11 is 0. The first-order chi connectivity index (χ1) is 7.16. The van der Waals surface area contributed by atoms with Crippen LogP contribution in [0.25, 0.3) is 0 Å². The number of carboxylic acid groups (broad SMARTS) is 1. The van der Waals surface area contributed by atoms with E-state index in [0.29, 0.717) is 0 Å². The monoisotopic (exact) mass is 244 g/mol. The van der Waals surface area contributed by atoms with Crippen LogP contribution in [0, 0.1) is 17.5 Å². The lowest BCUT2D eigenvalue weighted by molar-refractivity contribution is -0.140. The molecule has 0 heterocycles. The fourth-order valence-corrected chi connectivity index (χ4v) is 0.966. The first-order valence-corrected chi connectivity index (χ1v) is 3.64. The van der Waals surface area contributed by atoms with Crippen molar-refractivity contribution in [3.05, 3.63) is 34.6 Å². The summed E-state index contributed by atoms with van der Waals surface area (Å²) < 4.78 is 74.3. The molecule has 1 N–H and O–H groups in total. The summed E-state index contributed by atoms with van der Waals surface area (Å²) in [6.45, 7) is 0. The molecule has 16 heavy (non-hydrogen) atoms. The molecule has 0 fully saturated rings. The average molecular weight is 244 g/mol. The SMILES string of the molecule is O=C(O)c1cc(C(F)(F)F)c(F)c(F)c1F. The van der Waals surface area contributed by atoms with Gasteiger partial charge in [-0.25, -0.2) is 18.0 Å². The van der Waals surface area contributed by atoms with Gasteiger partial charge >= 0.3 is 12.1 Å². The summed E-state index contributed by atoms with van der Waals surface area (Å²) in [5, 5.41) is 8.27. The fourth-order valence-electron chi connectivity index (χ4n) is 0.966. The highest BCUT2D eigenvalue weighted by Crippen LogP contribution is 2.34. The number of aromatic carboxylic acids is 1. The number of hydrogen-bond donors (Lipinski definition) is 1. The van der Waals surface area contributed by atoms with Crippen molar-refractivity contribution in [2.45, 2.75) is 6.18 Å². The Bertz CT molecular complexity index is 451. The molecule has 0 unspecified atom stereocenters. The Labute approximate surface area is 84.1 Å². The third-order valence-corrected chi connectivity index (χ3v) is 1.68. The van der Waals surface area contributed by atoms with Crippen LogP contribution in [0.2, 0.25) is 0 Å². The van der Waals surface area contributed by atoms with Crippen molar-refractivity contribution < 1.29 is 36.2 Å². The summed E-state index contributed by atoms with van der Waals surface area (Å²) in [6.07, 6.45) is -5.30.